The molecule has 0 radical (unpaired) electrons. The van der Waals surface area contributed by atoms with E-state index >= 15 is 0 Å². The Morgan fingerprint density at radius 3 is 2.84 bits per heavy atom. The van der Waals surface area contributed by atoms with E-state index in [1.165, 1.54) is 11.3 Å². The molecule has 1 aliphatic rings. The Balaban J connectivity index is 2.30. The normalized spacial score (nSPS) is 22.6. The Morgan fingerprint density at radius 1 is 1.47 bits per heavy atom. The van der Waals surface area contributed by atoms with E-state index in [1.54, 1.807) is 0 Å². The molecule has 2 rings (SSSR count). The smallest absolute Gasteiger partial charge is 0.0805 e. The number of hydrogen-bond acceptors (Lipinski definition) is 3. The fraction of sp³-hybridized carbons (Fsp3) is 0.600. The van der Waals surface area contributed by atoms with Crippen molar-refractivity contribution in [2.24, 2.45) is 0 Å². The van der Waals surface area contributed by atoms with E-state index in [4.69, 9.17) is 4.74 Å². The number of nitrogens with one attached hydrogen (secondary N) is 1. The number of anilines is 1. The molecule has 1 unspecified atom stereocenters. The van der Waals surface area contributed by atoms with Gasteiger partial charge in [0, 0.05) is 29.8 Å². The molecule has 1 N–H and O–H groups in total. The molecule has 19 heavy (non-hydrogen) atoms. The van der Waals surface area contributed by atoms with Crippen LogP contribution in [0.15, 0.2) is 22.7 Å². The molecule has 1 fully saturated rings. The fourth-order valence-electron chi connectivity index (χ4n) is 2.83. The van der Waals surface area contributed by atoms with Crippen molar-refractivity contribution in [2.45, 2.75) is 39.0 Å². The lowest BCUT2D eigenvalue weighted by Crippen LogP contribution is -2.52. The number of hydrogen-bond donors (Lipinski definition) is 1. The first-order chi connectivity index (χ1) is 8.91. The zero-order valence-electron chi connectivity index (χ0n) is 12.2. The monoisotopic (exact) mass is 326 g/mol. The topological polar surface area (TPSA) is 24.5 Å². The number of benzene rings is 1. The van der Waals surface area contributed by atoms with Crippen molar-refractivity contribution in [3.05, 3.63) is 28.2 Å². The van der Waals surface area contributed by atoms with E-state index in [2.05, 4.69) is 65.1 Å². The number of nitrogens with zero attached hydrogens (tertiary/aromatic N) is 1. The van der Waals surface area contributed by atoms with Crippen molar-refractivity contribution >= 4 is 21.6 Å². The molecule has 4 heteroatoms. The highest BCUT2D eigenvalue weighted by Gasteiger charge is 2.32. The highest BCUT2D eigenvalue weighted by molar-refractivity contribution is 9.10. The summed E-state index contributed by atoms with van der Waals surface area (Å²) in [5.74, 6) is 0. The number of ether oxygens (including phenoxy) is 1. The molecule has 1 aromatic rings. The Kier molecular flexibility index (Phi) is 4.54. The van der Waals surface area contributed by atoms with Crippen molar-refractivity contribution in [1.29, 1.82) is 0 Å². The molecule has 1 aliphatic heterocycles. The molecule has 106 valence electrons. The minimum atomic E-state index is -0.0956. The molecular formula is C15H23BrN2O. The van der Waals surface area contributed by atoms with Crippen molar-refractivity contribution in [3.8, 4) is 0 Å². The van der Waals surface area contributed by atoms with Crippen LogP contribution in [0.5, 0.6) is 0 Å². The van der Waals surface area contributed by atoms with Crippen LogP contribution in [0.3, 0.4) is 0 Å². The Hall–Kier alpha value is -0.580. The van der Waals surface area contributed by atoms with Gasteiger partial charge in [0.25, 0.3) is 0 Å². The first-order valence-electron chi connectivity index (χ1n) is 6.77. The van der Waals surface area contributed by atoms with Gasteiger partial charge in [0.05, 0.1) is 11.7 Å². The van der Waals surface area contributed by atoms with Gasteiger partial charge in [-0.15, -0.1) is 0 Å². The van der Waals surface area contributed by atoms with Crippen molar-refractivity contribution in [2.75, 3.05) is 25.0 Å². The molecule has 0 amide bonds. The van der Waals surface area contributed by atoms with Gasteiger partial charge in [-0.25, -0.2) is 0 Å². The van der Waals surface area contributed by atoms with Crippen LogP contribution in [0.1, 0.15) is 26.3 Å². The summed E-state index contributed by atoms with van der Waals surface area (Å²) in [5, 5.41) is 3.24. The van der Waals surface area contributed by atoms with Crippen LogP contribution in [0.25, 0.3) is 0 Å². The standard InChI is InChI=1S/C15H23BrN2O/c1-11-9-18(10-15(2,3)19-11)14-6-5-13(16)7-12(14)8-17-4/h5-7,11,17H,8-10H2,1-4H3. The highest BCUT2D eigenvalue weighted by atomic mass is 79.9. The Labute approximate surface area is 124 Å². The Bertz CT molecular complexity index is 448. The molecule has 1 atom stereocenters. The van der Waals surface area contributed by atoms with E-state index in [0.717, 1.165) is 24.1 Å². The summed E-state index contributed by atoms with van der Waals surface area (Å²) in [6.07, 6.45) is 0.259. The highest BCUT2D eigenvalue weighted by Crippen LogP contribution is 2.30. The fourth-order valence-corrected chi connectivity index (χ4v) is 3.24. The summed E-state index contributed by atoms with van der Waals surface area (Å²) < 4.78 is 7.11. The van der Waals surface area contributed by atoms with Gasteiger partial charge in [-0.3, -0.25) is 0 Å². The third-order valence-corrected chi connectivity index (χ3v) is 3.81. The van der Waals surface area contributed by atoms with Crippen molar-refractivity contribution in [1.82, 2.24) is 5.32 Å². The van der Waals surface area contributed by atoms with Crippen LogP contribution >= 0.6 is 15.9 Å². The quantitative estimate of drug-likeness (QED) is 0.923. The van der Waals surface area contributed by atoms with Crippen molar-refractivity contribution in [3.63, 3.8) is 0 Å². The molecule has 1 aromatic carbocycles. The minimum Gasteiger partial charge on any atom is -0.369 e. The summed E-state index contributed by atoms with van der Waals surface area (Å²) in [6, 6.07) is 6.51. The van der Waals surface area contributed by atoms with Gasteiger partial charge < -0.3 is 15.0 Å². The zero-order valence-corrected chi connectivity index (χ0v) is 13.8. The first-order valence-corrected chi connectivity index (χ1v) is 7.56. The molecule has 0 bridgehead atoms. The lowest BCUT2D eigenvalue weighted by Gasteiger charge is -2.43. The number of morpholine rings is 1. The predicted octanol–water partition coefficient (Wildman–Crippen LogP) is 3.17. The molecule has 1 heterocycles. The van der Waals surface area contributed by atoms with Crippen LogP contribution < -0.4 is 10.2 Å². The maximum Gasteiger partial charge on any atom is 0.0805 e. The van der Waals surface area contributed by atoms with Crippen LogP contribution in [0.2, 0.25) is 0 Å². The second kappa shape index (κ2) is 5.81. The van der Waals surface area contributed by atoms with Crippen LogP contribution in [-0.4, -0.2) is 31.8 Å². The minimum absolute atomic E-state index is 0.0956. The lowest BCUT2D eigenvalue weighted by atomic mass is 10.0. The summed E-state index contributed by atoms with van der Waals surface area (Å²) in [7, 11) is 1.98. The number of rotatable bonds is 3. The van der Waals surface area contributed by atoms with Gasteiger partial charge >= 0.3 is 0 Å². The third kappa shape index (κ3) is 3.71. The second-order valence-corrected chi connectivity index (χ2v) is 6.79. The summed E-state index contributed by atoms with van der Waals surface area (Å²) in [4.78, 5) is 2.44. The molecule has 0 aromatic heterocycles. The molecule has 0 spiro atoms. The average Bonchev–Trinajstić information content (AvgIpc) is 2.26. The second-order valence-electron chi connectivity index (χ2n) is 5.87. The zero-order chi connectivity index (χ0) is 14.0. The molecule has 0 saturated carbocycles. The van der Waals surface area contributed by atoms with Crippen molar-refractivity contribution < 1.29 is 4.74 Å². The van der Waals surface area contributed by atoms with Gasteiger partial charge in [0.2, 0.25) is 0 Å². The molecule has 1 saturated heterocycles. The predicted molar refractivity (Wildman–Crippen MR) is 83.7 cm³/mol. The first kappa shape index (κ1) is 14.8. The van der Waals surface area contributed by atoms with E-state index < -0.39 is 0 Å². The van der Waals surface area contributed by atoms with E-state index in [9.17, 15) is 0 Å². The van der Waals surface area contributed by atoms with Crippen LogP contribution in [-0.2, 0) is 11.3 Å². The molecule has 3 nitrogen and oxygen atoms in total. The van der Waals surface area contributed by atoms with Gasteiger partial charge in [0.15, 0.2) is 0 Å². The van der Waals surface area contributed by atoms with Crippen LogP contribution in [0.4, 0.5) is 5.69 Å². The van der Waals surface area contributed by atoms with Crippen LogP contribution in [0, 0.1) is 0 Å². The van der Waals surface area contributed by atoms with E-state index in [-0.39, 0.29) is 11.7 Å². The average molecular weight is 327 g/mol. The molecular weight excluding hydrogens is 304 g/mol. The Morgan fingerprint density at radius 2 is 2.21 bits per heavy atom. The SMILES string of the molecule is CNCc1cc(Br)ccc1N1CC(C)OC(C)(C)C1. The number of halogens is 1. The van der Waals surface area contributed by atoms with E-state index in [0.29, 0.717) is 0 Å². The summed E-state index contributed by atoms with van der Waals surface area (Å²) in [6.45, 7) is 9.21. The lowest BCUT2D eigenvalue weighted by molar-refractivity contribution is -0.0750. The van der Waals surface area contributed by atoms with Gasteiger partial charge in [-0.05, 0) is 51.6 Å². The van der Waals surface area contributed by atoms with E-state index in [1.807, 2.05) is 7.05 Å². The third-order valence-electron chi connectivity index (χ3n) is 3.32. The van der Waals surface area contributed by atoms with Gasteiger partial charge in [0.1, 0.15) is 0 Å². The van der Waals surface area contributed by atoms with Gasteiger partial charge in [-0.2, -0.15) is 0 Å². The summed E-state index contributed by atoms with van der Waals surface area (Å²) >= 11 is 3.55. The van der Waals surface area contributed by atoms with Gasteiger partial charge in [-0.1, -0.05) is 15.9 Å². The molecule has 0 aliphatic carbocycles. The largest absolute Gasteiger partial charge is 0.369 e. The maximum absolute atomic E-state index is 5.98. The maximum atomic E-state index is 5.98. The summed E-state index contributed by atoms with van der Waals surface area (Å²) in [5.41, 5.74) is 2.53.